The second kappa shape index (κ2) is 6.30. The van der Waals surface area contributed by atoms with E-state index in [1.807, 2.05) is 0 Å². The number of imide groups is 1. The molecular formula is C15H24N4O5. The van der Waals surface area contributed by atoms with E-state index in [1.165, 1.54) is 4.90 Å². The van der Waals surface area contributed by atoms with Gasteiger partial charge in [-0.1, -0.05) is 0 Å². The van der Waals surface area contributed by atoms with Gasteiger partial charge in [-0.05, 0) is 13.8 Å². The predicted molar refractivity (Wildman–Crippen MR) is 83.1 cm³/mol. The van der Waals surface area contributed by atoms with Crippen molar-refractivity contribution < 1.29 is 24.2 Å². The number of aliphatic hydroxyl groups is 1. The molecule has 0 spiro atoms. The van der Waals surface area contributed by atoms with Crippen molar-refractivity contribution in [1.82, 2.24) is 20.0 Å². The first-order valence-corrected chi connectivity index (χ1v) is 8.21. The normalized spacial score (nSPS) is 30.8. The van der Waals surface area contributed by atoms with Crippen LogP contribution in [0.15, 0.2) is 0 Å². The van der Waals surface area contributed by atoms with Crippen molar-refractivity contribution in [3.05, 3.63) is 0 Å². The Hall–Kier alpha value is -1.71. The molecule has 0 unspecified atom stereocenters. The number of nitrogens with one attached hydrogen (secondary N) is 1. The standard InChI is InChI=1S/C15H24N4O5/c1-15(2)13(22)19(14(23)16-15)9-12(21)18-7-10(11(20)8-18)17-3-5-24-6-4-17/h10-11,20H,3-9H2,1-2H3,(H,16,23)/t10-,11-/m1/s1. The van der Waals surface area contributed by atoms with Crippen molar-refractivity contribution in [1.29, 1.82) is 0 Å². The van der Waals surface area contributed by atoms with Crippen LogP contribution in [-0.4, -0.2) is 101 Å². The minimum absolute atomic E-state index is 0.127. The summed E-state index contributed by atoms with van der Waals surface area (Å²) >= 11 is 0. The number of rotatable bonds is 3. The summed E-state index contributed by atoms with van der Waals surface area (Å²) in [5.74, 6) is -0.740. The Bertz CT molecular complexity index is 546. The lowest BCUT2D eigenvalue weighted by molar-refractivity contribution is -0.138. The highest BCUT2D eigenvalue weighted by molar-refractivity contribution is 6.08. The number of ether oxygens (including phenoxy) is 1. The number of morpholine rings is 1. The third-order valence-corrected chi connectivity index (χ3v) is 4.86. The van der Waals surface area contributed by atoms with E-state index >= 15 is 0 Å². The molecule has 0 aromatic heterocycles. The van der Waals surface area contributed by atoms with Gasteiger partial charge in [-0.3, -0.25) is 19.4 Å². The monoisotopic (exact) mass is 340 g/mol. The number of likely N-dealkylation sites (tertiary alicyclic amines) is 1. The van der Waals surface area contributed by atoms with Crippen LogP contribution >= 0.6 is 0 Å². The maximum absolute atomic E-state index is 12.5. The summed E-state index contributed by atoms with van der Waals surface area (Å²) in [5.41, 5.74) is -0.988. The maximum Gasteiger partial charge on any atom is 0.325 e. The van der Waals surface area contributed by atoms with E-state index < -0.39 is 23.6 Å². The van der Waals surface area contributed by atoms with Gasteiger partial charge in [0, 0.05) is 26.2 Å². The van der Waals surface area contributed by atoms with Crippen LogP contribution in [0.3, 0.4) is 0 Å². The fraction of sp³-hybridized carbons (Fsp3) is 0.800. The summed E-state index contributed by atoms with van der Waals surface area (Å²) in [4.78, 5) is 41.1. The summed E-state index contributed by atoms with van der Waals surface area (Å²) in [7, 11) is 0. The lowest BCUT2D eigenvalue weighted by atomic mass is 10.1. The van der Waals surface area contributed by atoms with E-state index in [4.69, 9.17) is 4.74 Å². The molecule has 9 nitrogen and oxygen atoms in total. The van der Waals surface area contributed by atoms with Crippen molar-refractivity contribution in [3.8, 4) is 0 Å². The maximum atomic E-state index is 12.5. The minimum Gasteiger partial charge on any atom is -0.390 e. The Morgan fingerprint density at radius 3 is 2.54 bits per heavy atom. The summed E-state index contributed by atoms with van der Waals surface area (Å²) in [5, 5.41) is 12.8. The van der Waals surface area contributed by atoms with E-state index in [9.17, 15) is 19.5 Å². The molecule has 3 saturated heterocycles. The van der Waals surface area contributed by atoms with Crippen LogP contribution in [0.25, 0.3) is 0 Å². The van der Waals surface area contributed by atoms with Crippen molar-refractivity contribution in [2.24, 2.45) is 0 Å². The number of aliphatic hydroxyl groups excluding tert-OH is 1. The van der Waals surface area contributed by atoms with Gasteiger partial charge < -0.3 is 20.1 Å². The van der Waals surface area contributed by atoms with Crippen molar-refractivity contribution in [2.45, 2.75) is 31.5 Å². The number of hydrogen-bond donors (Lipinski definition) is 2. The Labute approximate surface area is 140 Å². The zero-order valence-corrected chi connectivity index (χ0v) is 14.0. The largest absolute Gasteiger partial charge is 0.390 e. The minimum atomic E-state index is -0.988. The van der Waals surface area contributed by atoms with Gasteiger partial charge in [-0.25, -0.2) is 4.79 Å². The molecule has 0 bridgehead atoms. The molecule has 0 aromatic carbocycles. The van der Waals surface area contributed by atoms with E-state index in [0.717, 1.165) is 18.0 Å². The van der Waals surface area contributed by atoms with Crippen LogP contribution in [0.2, 0.25) is 0 Å². The molecule has 3 rings (SSSR count). The molecule has 4 amide bonds. The van der Waals surface area contributed by atoms with Crippen molar-refractivity contribution in [3.63, 3.8) is 0 Å². The number of nitrogens with zero attached hydrogens (tertiary/aromatic N) is 3. The molecule has 0 saturated carbocycles. The van der Waals surface area contributed by atoms with E-state index in [1.54, 1.807) is 13.8 Å². The summed E-state index contributed by atoms with van der Waals surface area (Å²) in [6.45, 7) is 6.22. The van der Waals surface area contributed by atoms with E-state index in [0.29, 0.717) is 19.8 Å². The molecule has 3 heterocycles. The van der Waals surface area contributed by atoms with Gasteiger partial charge >= 0.3 is 6.03 Å². The quantitative estimate of drug-likeness (QED) is 0.589. The third-order valence-electron chi connectivity index (χ3n) is 4.86. The van der Waals surface area contributed by atoms with Crippen LogP contribution in [-0.2, 0) is 14.3 Å². The van der Waals surface area contributed by atoms with Crippen LogP contribution in [0.5, 0.6) is 0 Å². The second-order valence-electron chi connectivity index (χ2n) is 7.03. The zero-order valence-electron chi connectivity index (χ0n) is 14.0. The lowest BCUT2D eigenvalue weighted by Gasteiger charge is -2.33. The fourth-order valence-corrected chi connectivity index (χ4v) is 3.44. The third kappa shape index (κ3) is 3.11. The summed E-state index contributed by atoms with van der Waals surface area (Å²) < 4.78 is 5.31. The fourth-order valence-electron chi connectivity index (χ4n) is 3.44. The average Bonchev–Trinajstić information content (AvgIpc) is 3.01. The summed E-state index contributed by atoms with van der Waals surface area (Å²) in [6.07, 6.45) is -0.633. The molecule has 9 heteroatoms. The molecule has 0 radical (unpaired) electrons. The smallest absolute Gasteiger partial charge is 0.325 e. The van der Waals surface area contributed by atoms with Crippen LogP contribution < -0.4 is 5.32 Å². The molecule has 3 aliphatic rings. The molecular weight excluding hydrogens is 316 g/mol. The van der Waals surface area contributed by atoms with Gasteiger partial charge in [0.05, 0.1) is 25.4 Å². The number of carbonyl (C=O) groups is 3. The lowest BCUT2D eigenvalue weighted by Crippen LogP contribution is -2.49. The van der Waals surface area contributed by atoms with Gasteiger partial charge in [0.25, 0.3) is 5.91 Å². The van der Waals surface area contributed by atoms with Gasteiger partial charge in [-0.2, -0.15) is 0 Å². The number of urea groups is 1. The van der Waals surface area contributed by atoms with Gasteiger partial charge in [0.2, 0.25) is 5.91 Å². The number of amides is 4. The first-order valence-electron chi connectivity index (χ1n) is 8.21. The number of carbonyl (C=O) groups excluding carboxylic acids is 3. The van der Waals surface area contributed by atoms with Gasteiger partial charge in [0.1, 0.15) is 12.1 Å². The number of β-amino-alcohol motifs (C(OH)–C–C–N with tert-alkyl or cyclic N) is 1. The molecule has 0 aliphatic carbocycles. The topological polar surface area (TPSA) is 102 Å². The molecule has 3 fully saturated rings. The Balaban J connectivity index is 1.60. The Morgan fingerprint density at radius 2 is 1.96 bits per heavy atom. The molecule has 2 atom stereocenters. The summed E-state index contributed by atoms with van der Waals surface area (Å²) in [6, 6.07) is -0.680. The van der Waals surface area contributed by atoms with Crippen molar-refractivity contribution >= 4 is 17.8 Å². The highest BCUT2D eigenvalue weighted by Gasteiger charge is 2.46. The number of hydrogen-bond acceptors (Lipinski definition) is 6. The van der Waals surface area contributed by atoms with Crippen LogP contribution in [0.1, 0.15) is 13.8 Å². The Morgan fingerprint density at radius 1 is 1.29 bits per heavy atom. The molecule has 2 N–H and O–H groups in total. The highest BCUT2D eigenvalue weighted by Crippen LogP contribution is 2.20. The molecule has 134 valence electrons. The first-order chi connectivity index (χ1) is 11.3. The zero-order chi connectivity index (χ0) is 17.5. The SMILES string of the molecule is CC1(C)NC(=O)N(CC(=O)N2C[C@@H](O)[C@H](N3CCOCC3)C2)C1=O. The first kappa shape index (κ1) is 17.1. The predicted octanol–water partition coefficient (Wildman–Crippen LogP) is -1.78. The highest BCUT2D eigenvalue weighted by atomic mass is 16.5. The average molecular weight is 340 g/mol. The van der Waals surface area contributed by atoms with Gasteiger partial charge in [-0.15, -0.1) is 0 Å². The van der Waals surface area contributed by atoms with Crippen LogP contribution in [0.4, 0.5) is 4.79 Å². The van der Waals surface area contributed by atoms with Crippen LogP contribution in [0, 0.1) is 0 Å². The molecule has 3 aliphatic heterocycles. The van der Waals surface area contributed by atoms with E-state index in [2.05, 4.69) is 10.2 Å². The van der Waals surface area contributed by atoms with E-state index in [-0.39, 0.29) is 25.0 Å². The molecule has 0 aromatic rings. The second-order valence-corrected chi connectivity index (χ2v) is 7.03. The van der Waals surface area contributed by atoms with Gasteiger partial charge in [0.15, 0.2) is 0 Å². The molecule has 24 heavy (non-hydrogen) atoms. The Kier molecular flexibility index (Phi) is 4.50. The van der Waals surface area contributed by atoms with Crippen molar-refractivity contribution in [2.75, 3.05) is 45.9 Å².